The minimum absolute atomic E-state index is 0.500. The molecule has 5 heteroatoms. The smallest absolute Gasteiger partial charge is 0.207 e. The maximum atomic E-state index is 5.60. The molecule has 0 unspecified atom stereocenters. The quantitative estimate of drug-likeness (QED) is 0.693. The fourth-order valence-corrected chi connectivity index (χ4v) is 1.59. The Hall–Kier alpha value is -0.190. The molecule has 0 amide bonds. The maximum Gasteiger partial charge on any atom is 0.207 e. The molecule has 0 aromatic carbocycles. The molecule has 1 heterocycles. The SMILES string of the molecule is CCCOCCc1nnc(Cl)s1. The van der Waals surface area contributed by atoms with Gasteiger partial charge < -0.3 is 4.74 Å². The zero-order valence-electron chi connectivity index (χ0n) is 6.92. The molecule has 0 aliphatic rings. The van der Waals surface area contributed by atoms with Crippen molar-refractivity contribution in [3.8, 4) is 0 Å². The topological polar surface area (TPSA) is 35.0 Å². The normalized spacial score (nSPS) is 10.5. The number of rotatable bonds is 5. The second kappa shape index (κ2) is 5.45. The number of nitrogens with zero attached hydrogens (tertiary/aromatic N) is 2. The van der Waals surface area contributed by atoms with Gasteiger partial charge in [-0.05, 0) is 18.0 Å². The first-order valence-electron chi connectivity index (χ1n) is 3.88. The minimum Gasteiger partial charge on any atom is -0.381 e. The monoisotopic (exact) mass is 206 g/mol. The van der Waals surface area contributed by atoms with Gasteiger partial charge in [-0.25, -0.2) is 0 Å². The van der Waals surface area contributed by atoms with Gasteiger partial charge in [0, 0.05) is 13.0 Å². The van der Waals surface area contributed by atoms with Gasteiger partial charge in [0.25, 0.3) is 0 Å². The fraction of sp³-hybridized carbons (Fsp3) is 0.714. The molecule has 1 aromatic rings. The summed E-state index contributed by atoms with van der Waals surface area (Å²) in [6.45, 7) is 3.60. The molecule has 0 radical (unpaired) electrons. The van der Waals surface area contributed by atoms with E-state index in [1.807, 2.05) is 0 Å². The highest BCUT2D eigenvalue weighted by molar-refractivity contribution is 7.15. The first kappa shape index (κ1) is 9.89. The predicted molar refractivity (Wildman–Crippen MR) is 49.7 cm³/mol. The fourth-order valence-electron chi connectivity index (χ4n) is 0.740. The average molecular weight is 207 g/mol. The summed E-state index contributed by atoms with van der Waals surface area (Å²) in [5, 5.41) is 8.50. The molecule has 0 saturated heterocycles. The number of hydrogen-bond acceptors (Lipinski definition) is 4. The van der Waals surface area contributed by atoms with Crippen LogP contribution in [-0.2, 0) is 11.2 Å². The zero-order chi connectivity index (χ0) is 8.81. The molecule has 0 aliphatic carbocycles. The van der Waals surface area contributed by atoms with Crippen molar-refractivity contribution in [3.05, 3.63) is 9.47 Å². The maximum absolute atomic E-state index is 5.60. The van der Waals surface area contributed by atoms with Crippen molar-refractivity contribution in [1.82, 2.24) is 10.2 Å². The first-order chi connectivity index (χ1) is 5.83. The number of halogens is 1. The van der Waals surface area contributed by atoms with Gasteiger partial charge >= 0.3 is 0 Å². The second-order valence-electron chi connectivity index (χ2n) is 2.31. The minimum atomic E-state index is 0.500. The van der Waals surface area contributed by atoms with E-state index in [4.69, 9.17) is 16.3 Å². The summed E-state index contributed by atoms with van der Waals surface area (Å²) in [5.74, 6) is 0. The van der Waals surface area contributed by atoms with Crippen LogP contribution in [0.15, 0.2) is 0 Å². The van der Waals surface area contributed by atoms with Crippen molar-refractivity contribution in [2.75, 3.05) is 13.2 Å². The Labute approximate surface area is 80.7 Å². The zero-order valence-corrected chi connectivity index (χ0v) is 8.49. The van der Waals surface area contributed by atoms with E-state index < -0.39 is 0 Å². The number of hydrogen-bond donors (Lipinski definition) is 0. The lowest BCUT2D eigenvalue weighted by atomic mass is 10.5. The van der Waals surface area contributed by atoms with Crippen molar-refractivity contribution < 1.29 is 4.74 Å². The van der Waals surface area contributed by atoms with Crippen molar-refractivity contribution >= 4 is 22.9 Å². The molecule has 68 valence electrons. The lowest BCUT2D eigenvalue weighted by molar-refractivity contribution is 0.138. The van der Waals surface area contributed by atoms with Gasteiger partial charge in [0.15, 0.2) is 0 Å². The average Bonchev–Trinajstić information content (AvgIpc) is 2.45. The van der Waals surface area contributed by atoms with Gasteiger partial charge in [-0.15, -0.1) is 10.2 Å². The molecule has 12 heavy (non-hydrogen) atoms. The summed E-state index contributed by atoms with van der Waals surface area (Å²) in [7, 11) is 0. The van der Waals surface area contributed by atoms with Crippen molar-refractivity contribution in [2.24, 2.45) is 0 Å². The molecule has 3 nitrogen and oxygen atoms in total. The van der Waals surface area contributed by atoms with Crippen LogP contribution in [0.5, 0.6) is 0 Å². The standard InChI is InChI=1S/C7H11ClN2OS/c1-2-4-11-5-3-6-9-10-7(8)12-6/h2-5H2,1H3. The summed E-state index contributed by atoms with van der Waals surface area (Å²) in [4.78, 5) is 0. The van der Waals surface area contributed by atoms with Crippen LogP contribution in [0.4, 0.5) is 0 Å². The Morgan fingerprint density at radius 3 is 2.83 bits per heavy atom. The molecule has 0 aliphatic heterocycles. The Bertz CT molecular complexity index is 229. The summed E-state index contributed by atoms with van der Waals surface area (Å²) in [5.41, 5.74) is 0. The third-order valence-corrected chi connectivity index (χ3v) is 2.33. The molecule has 0 spiro atoms. The molecule has 1 rings (SSSR count). The summed E-state index contributed by atoms with van der Waals surface area (Å²) in [6, 6.07) is 0. The van der Waals surface area contributed by atoms with E-state index in [9.17, 15) is 0 Å². The largest absolute Gasteiger partial charge is 0.381 e. The third-order valence-electron chi connectivity index (χ3n) is 1.25. The number of aromatic nitrogens is 2. The Balaban J connectivity index is 2.15. The Kier molecular flexibility index (Phi) is 4.50. The van der Waals surface area contributed by atoms with Crippen LogP contribution in [0.25, 0.3) is 0 Å². The number of ether oxygens (including phenoxy) is 1. The third kappa shape index (κ3) is 3.47. The Morgan fingerprint density at radius 2 is 2.25 bits per heavy atom. The highest BCUT2D eigenvalue weighted by atomic mass is 35.5. The van der Waals surface area contributed by atoms with Gasteiger partial charge in [-0.1, -0.05) is 18.3 Å². The van der Waals surface area contributed by atoms with E-state index in [1.54, 1.807) is 0 Å². The molecule has 0 saturated carbocycles. The summed E-state index contributed by atoms with van der Waals surface area (Å²) in [6.07, 6.45) is 1.86. The molecule has 0 bridgehead atoms. The van der Waals surface area contributed by atoms with Crippen LogP contribution in [0.1, 0.15) is 18.4 Å². The van der Waals surface area contributed by atoms with E-state index in [0.717, 1.165) is 24.5 Å². The molecule has 1 aromatic heterocycles. The van der Waals surface area contributed by atoms with Crippen LogP contribution in [0, 0.1) is 0 Å². The molecular weight excluding hydrogens is 196 g/mol. The van der Waals surface area contributed by atoms with Gasteiger partial charge in [-0.2, -0.15) is 0 Å². The van der Waals surface area contributed by atoms with Crippen LogP contribution >= 0.6 is 22.9 Å². The molecule has 0 N–H and O–H groups in total. The molecule has 0 atom stereocenters. The second-order valence-corrected chi connectivity index (χ2v) is 3.96. The van der Waals surface area contributed by atoms with Crippen molar-refractivity contribution in [3.63, 3.8) is 0 Å². The van der Waals surface area contributed by atoms with Gasteiger partial charge in [0.2, 0.25) is 4.47 Å². The van der Waals surface area contributed by atoms with Crippen LogP contribution < -0.4 is 0 Å². The van der Waals surface area contributed by atoms with E-state index in [2.05, 4.69) is 17.1 Å². The van der Waals surface area contributed by atoms with Gasteiger partial charge in [0.05, 0.1) is 6.61 Å². The van der Waals surface area contributed by atoms with Gasteiger partial charge in [-0.3, -0.25) is 0 Å². The predicted octanol–water partition coefficient (Wildman–Crippen LogP) is 2.16. The van der Waals surface area contributed by atoms with E-state index >= 15 is 0 Å². The highest BCUT2D eigenvalue weighted by Crippen LogP contribution is 2.14. The van der Waals surface area contributed by atoms with E-state index in [1.165, 1.54) is 11.3 Å². The van der Waals surface area contributed by atoms with E-state index in [0.29, 0.717) is 11.1 Å². The lowest BCUT2D eigenvalue weighted by Crippen LogP contribution is -1.98. The lowest BCUT2D eigenvalue weighted by Gasteiger charge is -1.97. The summed E-state index contributed by atoms with van der Waals surface area (Å²) >= 11 is 7.01. The summed E-state index contributed by atoms with van der Waals surface area (Å²) < 4.78 is 5.79. The van der Waals surface area contributed by atoms with Crippen LogP contribution in [0.3, 0.4) is 0 Å². The first-order valence-corrected chi connectivity index (χ1v) is 5.08. The Morgan fingerprint density at radius 1 is 1.42 bits per heavy atom. The van der Waals surface area contributed by atoms with E-state index in [-0.39, 0.29) is 0 Å². The molecular formula is C7H11ClN2OS. The van der Waals surface area contributed by atoms with Gasteiger partial charge in [0.1, 0.15) is 5.01 Å². The van der Waals surface area contributed by atoms with Crippen molar-refractivity contribution in [1.29, 1.82) is 0 Å². The van der Waals surface area contributed by atoms with Crippen molar-refractivity contribution in [2.45, 2.75) is 19.8 Å². The molecule has 0 fully saturated rings. The van der Waals surface area contributed by atoms with Crippen LogP contribution in [-0.4, -0.2) is 23.4 Å². The highest BCUT2D eigenvalue weighted by Gasteiger charge is 2.00. The van der Waals surface area contributed by atoms with Crippen LogP contribution in [0.2, 0.25) is 4.47 Å².